The molecule has 0 spiro atoms. The van der Waals surface area contributed by atoms with Crippen LogP contribution in [0.1, 0.15) is 44.7 Å². The van der Waals surface area contributed by atoms with Gasteiger partial charge in [-0.1, -0.05) is 39.3 Å². The van der Waals surface area contributed by atoms with Crippen LogP contribution >= 0.6 is 0 Å². The van der Waals surface area contributed by atoms with Gasteiger partial charge in [0, 0.05) is 26.2 Å². The second kappa shape index (κ2) is 10.8. The molecule has 0 aliphatic carbocycles. The van der Waals surface area contributed by atoms with Gasteiger partial charge in [-0.05, 0) is 42.3 Å². The average molecular weight is 415 g/mol. The van der Waals surface area contributed by atoms with Crippen LogP contribution in [0, 0.1) is 11.3 Å². The molecular weight excluding hydrogens is 384 g/mol. The van der Waals surface area contributed by atoms with Crippen molar-refractivity contribution in [3.8, 4) is 6.07 Å². The highest BCUT2D eigenvalue weighted by molar-refractivity contribution is 7.89. The third-order valence-corrected chi connectivity index (χ3v) is 6.79. The summed E-state index contributed by atoms with van der Waals surface area (Å²) in [7, 11) is -3.53. The molecule has 2 N–H and O–H groups in total. The summed E-state index contributed by atoms with van der Waals surface area (Å²) in [6.07, 6.45) is 2.12. The molecule has 0 saturated carbocycles. The van der Waals surface area contributed by atoms with E-state index in [4.69, 9.17) is 5.26 Å². The van der Waals surface area contributed by atoms with E-state index in [1.165, 1.54) is 4.31 Å². The van der Waals surface area contributed by atoms with Crippen molar-refractivity contribution in [2.45, 2.75) is 45.1 Å². The fourth-order valence-electron chi connectivity index (χ4n) is 2.99. The number of sulfonamides is 1. The van der Waals surface area contributed by atoms with Crippen molar-refractivity contribution in [3.05, 3.63) is 53.6 Å². The molecule has 0 amide bonds. The zero-order valence-electron chi connectivity index (χ0n) is 17.4. The largest absolute Gasteiger partial charge is 0.383 e. The second-order valence-corrected chi connectivity index (χ2v) is 8.68. The Balaban J connectivity index is 2.30. The molecule has 0 radical (unpaired) electrons. The van der Waals surface area contributed by atoms with Crippen LogP contribution in [-0.2, 0) is 16.6 Å². The number of nitriles is 1. The van der Waals surface area contributed by atoms with Gasteiger partial charge in [-0.2, -0.15) is 9.57 Å². The number of nitrogens with zero attached hydrogens (tertiary/aromatic N) is 2. The van der Waals surface area contributed by atoms with Crippen LogP contribution < -0.4 is 10.6 Å². The van der Waals surface area contributed by atoms with E-state index in [2.05, 4.69) is 23.6 Å². The van der Waals surface area contributed by atoms with Crippen LogP contribution in [0.4, 0.5) is 11.4 Å². The van der Waals surface area contributed by atoms with Gasteiger partial charge in [-0.3, -0.25) is 0 Å². The standard InChI is InChI=1S/C22H30N4O2S/c1-4-7-14-24-21-13-12-20(29(27,28)26(5-2)6-3)15-22(21)25-17-19-10-8-18(16-23)9-11-19/h8-13,15,24-25H,4-7,14,17H2,1-3H3. The first-order chi connectivity index (χ1) is 14.0. The van der Waals surface area contributed by atoms with Crippen molar-refractivity contribution in [2.75, 3.05) is 30.3 Å². The number of anilines is 2. The third kappa shape index (κ3) is 5.96. The van der Waals surface area contributed by atoms with Crippen LogP contribution in [0.25, 0.3) is 0 Å². The van der Waals surface area contributed by atoms with Crippen LogP contribution in [-0.4, -0.2) is 32.4 Å². The molecule has 0 bridgehead atoms. The summed E-state index contributed by atoms with van der Waals surface area (Å²) in [5.41, 5.74) is 3.26. The van der Waals surface area contributed by atoms with E-state index in [1.54, 1.807) is 24.3 Å². The molecule has 0 unspecified atom stereocenters. The van der Waals surface area contributed by atoms with Gasteiger partial charge in [-0.25, -0.2) is 8.42 Å². The molecule has 0 aliphatic rings. The maximum absolute atomic E-state index is 12.9. The van der Waals surface area contributed by atoms with Crippen molar-refractivity contribution in [3.63, 3.8) is 0 Å². The first kappa shape index (κ1) is 22.7. The highest BCUT2D eigenvalue weighted by Gasteiger charge is 2.22. The number of hydrogen-bond acceptors (Lipinski definition) is 5. The highest BCUT2D eigenvalue weighted by Crippen LogP contribution is 2.28. The minimum atomic E-state index is -3.53. The van der Waals surface area contributed by atoms with Crippen molar-refractivity contribution >= 4 is 21.4 Å². The molecule has 2 aromatic carbocycles. The predicted octanol–water partition coefficient (Wildman–Crippen LogP) is 4.41. The van der Waals surface area contributed by atoms with Gasteiger partial charge in [-0.15, -0.1) is 0 Å². The zero-order valence-corrected chi connectivity index (χ0v) is 18.2. The lowest BCUT2D eigenvalue weighted by molar-refractivity contribution is 0.445. The number of unbranched alkanes of at least 4 members (excludes halogenated alkanes) is 1. The molecule has 0 fully saturated rings. The summed E-state index contributed by atoms with van der Waals surface area (Å²) in [5, 5.41) is 15.7. The average Bonchev–Trinajstić information content (AvgIpc) is 2.74. The Bertz CT molecular complexity index is 930. The Kier molecular flexibility index (Phi) is 8.50. The van der Waals surface area contributed by atoms with Crippen LogP contribution in [0.3, 0.4) is 0 Å². The summed E-state index contributed by atoms with van der Waals surface area (Å²) in [4.78, 5) is 0.282. The molecule has 0 heterocycles. The molecule has 29 heavy (non-hydrogen) atoms. The summed E-state index contributed by atoms with van der Waals surface area (Å²) >= 11 is 0. The molecular formula is C22H30N4O2S. The maximum Gasteiger partial charge on any atom is 0.243 e. The zero-order chi connectivity index (χ0) is 21.3. The van der Waals surface area contributed by atoms with Crippen molar-refractivity contribution in [1.82, 2.24) is 4.31 Å². The number of benzene rings is 2. The number of rotatable bonds is 11. The smallest absolute Gasteiger partial charge is 0.243 e. The lowest BCUT2D eigenvalue weighted by atomic mass is 10.1. The first-order valence-corrected chi connectivity index (χ1v) is 11.5. The molecule has 6 nitrogen and oxygen atoms in total. The van der Waals surface area contributed by atoms with Gasteiger partial charge >= 0.3 is 0 Å². The van der Waals surface area contributed by atoms with Crippen LogP contribution in [0.15, 0.2) is 47.4 Å². The maximum atomic E-state index is 12.9. The van der Waals surface area contributed by atoms with Crippen LogP contribution in [0.5, 0.6) is 0 Å². The van der Waals surface area contributed by atoms with Gasteiger partial charge in [0.25, 0.3) is 0 Å². The van der Waals surface area contributed by atoms with Gasteiger partial charge < -0.3 is 10.6 Å². The van der Waals surface area contributed by atoms with Crippen molar-refractivity contribution in [2.24, 2.45) is 0 Å². The summed E-state index contributed by atoms with van der Waals surface area (Å²) in [6, 6.07) is 14.6. The quantitative estimate of drug-likeness (QED) is 0.532. The third-order valence-electron chi connectivity index (χ3n) is 4.75. The van der Waals surface area contributed by atoms with E-state index in [0.717, 1.165) is 36.3 Å². The summed E-state index contributed by atoms with van der Waals surface area (Å²) in [5.74, 6) is 0. The Labute approximate surface area is 174 Å². The van der Waals surface area contributed by atoms with Crippen molar-refractivity contribution in [1.29, 1.82) is 5.26 Å². The Morgan fingerprint density at radius 2 is 1.66 bits per heavy atom. The van der Waals surface area contributed by atoms with Gasteiger partial charge in [0.2, 0.25) is 10.0 Å². The normalized spacial score (nSPS) is 11.3. The van der Waals surface area contributed by atoms with E-state index in [-0.39, 0.29) is 4.90 Å². The highest BCUT2D eigenvalue weighted by atomic mass is 32.2. The molecule has 2 aromatic rings. The minimum absolute atomic E-state index is 0.282. The predicted molar refractivity (Wildman–Crippen MR) is 118 cm³/mol. The lowest BCUT2D eigenvalue weighted by Gasteiger charge is -2.20. The molecule has 0 saturated heterocycles. The molecule has 0 aromatic heterocycles. The molecule has 156 valence electrons. The van der Waals surface area contributed by atoms with Crippen molar-refractivity contribution < 1.29 is 8.42 Å². The molecule has 7 heteroatoms. The van der Waals surface area contributed by atoms with Crippen LogP contribution in [0.2, 0.25) is 0 Å². The Morgan fingerprint density at radius 3 is 2.24 bits per heavy atom. The monoisotopic (exact) mass is 414 g/mol. The second-order valence-electron chi connectivity index (χ2n) is 6.74. The Hall–Kier alpha value is -2.56. The van der Waals surface area contributed by atoms with E-state index in [9.17, 15) is 8.42 Å². The molecule has 0 atom stereocenters. The Morgan fingerprint density at radius 1 is 0.966 bits per heavy atom. The van der Waals surface area contributed by atoms with E-state index in [1.807, 2.05) is 32.0 Å². The number of hydrogen-bond donors (Lipinski definition) is 2. The van der Waals surface area contributed by atoms with Gasteiger partial charge in [0.15, 0.2) is 0 Å². The minimum Gasteiger partial charge on any atom is -0.383 e. The fourth-order valence-corrected chi connectivity index (χ4v) is 4.48. The molecule has 0 aliphatic heterocycles. The van der Waals surface area contributed by atoms with E-state index in [0.29, 0.717) is 25.2 Å². The first-order valence-electron chi connectivity index (χ1n) is 10.1. The summed E-state index contributed by atoms with van der Waals surface area (Å²) in [6.45, 7) is 8.03. The molecule has 2 rings (SSSR count). The summed E-state index contributed by atoms with van der Waals surface area (Å²) < 4.78 is 27.3. The van der Waals surface area contributed by atoms with Gasteiger partial charge in [0.1, 0.15) is 0 Å². The topological polar surface area (TPSA) is 85.2 Å². The number of nitrogens with one attached hydrogen (secondary N) is 2. The SMILES string of the molecule is CCCCNc1ccc(S(=O)(=O)N(CC)CC)cc1NCc1ccc(C#N)cc1. The lowest BCUT2D eigenvalue weighted by Crippen LogP contribution is -2.30. The van der Waals surface area contributed by atoms with Gasteiger partial charge in [0.05, 0.1) is 27.9 Å². The fraction of sp³-hybridized carbons (Fsp3) is 0.409. The van der Waals surface area contributed by atoms with E-state index >= 15 is 0 Å². The van der Waals surface area contributed by atoms with E-state index < -0.39 is 10.0 Å².